The van der Waals surface area contributed by atoms with Gasteiger partial charge in [0.2, 0.25) is 0 Å². The van der Waals surface area contributed by atoms with E-state index in [-0.39, 0.29) is 24.3 Å². The SMILES string of the molecule is C[C@H](NC(=O)c1ccc(COc2ccc3ccccc3c2)o1)c1cccs1. The van der Waals surface area contributed by atoms with Crippen molar-refractivity contribution in [3.8, 4) is 5.75 Å². The number of hydrogen-bond donors (Lipinski definition) is 1. The molecular weight excluding hydrogens is 358 g/mol. The van der Waals surface area contributed by atoms with E-state index in [4.69, 9.17) is 9.15 Å². The molecule has 0 aliphatic heterocycles. The lowest BCUT2D eigenvalue weighted by atomic mass is 10.1. The highest BCUT2D eigenvalue weighted by Gasteiger charge is 2.15. The highest BCUT2D eigenvalue weighted by atomic mass is 32.1. The molecule has 0 aliphatic carbocycles. The average Bonchev–Trinajstić information content (AvgIpc) is 3.38. The van der Waals surface area contributed by atoms with Crippen LogP contribution >= 0.6 is 11.3 Å². The van der Waals surface area contributed by atoms with Crippen molar-refractivity contribution in [1.29, 1.82) is 0 Å². The Morgan fingerprint density at radius 3 is 2.74 bits per heavy atom. The fraction of sp³-hybridized carbons (Fsp3) is 0.136. The fourth-order valence-electron chi connectivity index (χ4n) is 2.87. The molecule has 1 amide bonds. The molecule has 1 atom stereocenters. The standard InChI is InChI=1S/C22H19NO3S/c1-15(21-7-4-12-27-21)23-22(24)20-11-10-19(26-20)14-25-18-9-8-16-5-2-3-6-17(16)13-18/h2-13,15H,14H2,1H3,(H,23,24)/t15-/m0/s1. The Kier molecular flexibility index (Phi) is 4.94. The third-order valence-electron chi connectivity index (χ3n) is 4.31. The first kappa shape index (κ1) is 17.4. The van der Waals surface area contributed by atoms with Crippen LogP contribution in [0, 0.1) is 0 Å². The molecule has 27 heavy (non-hydrogen) atoms. The molecule has 2 heterocycles. The van der Waals surface area contributed by atoms with Crippen LogP contribution < -0.4 is 10.1 Å². The fourth-order valence-corrected chi connectivity index (χ4v) is 3.60. The van der Waals surface area contributed by atoms with Gasteiger partial charge in [0.15, 0.2) is 5.76 Å². The monoisotopic (exact) mass is 377 g/mol. The van der Waals surface area contributed by atoms with E-state index in [1.54, 1.807) is 23.5 Å². The van der Waals surface area contributed by atoms with Crippen LogP contribution in [0.4, 0.5) is 0 Å². The van der Waals surface area contributed by atoms with Crippen molar-refractivity contribution in [1.82, 2.24) is 5.32 Å². The van der Waals surface area contributed by atoms with E-state index >= 15 is 0 Å². The molecule has 4 rings (SSSR count). The topological polar surface area (TPSA) is 51.5 Å². The number of fused-ring (bicyclic) bond motifs is 1. The van der Waals surface area contributed by atoms with Crippen LogP contribution in [0.2, 0.25) is 0 Å². The van der Waals surface area contributed by atoms with Crippen LogP contribution in [0.25, 0.3) is 10.8 Å². The van der Waals surface area contributed by atoms with Gasteiger partial charge >= 0.3 is 0 Å². The highest BCUT2D eigenvalue weighted by molar-refractivity contribution is 7.10. The molecule has 2 aromatic heterocycles. The molecule has 2 aromatic carbocycles. The van der Waals surface area contributed by atoms with Crippen LogP contribution in [-0.2, 0) is 6.61 Å². The molecule has 5 heteroatoms. The second-order valence-corrected chi connectivity index (χ2v) is 7.25. The van der Waals surface area contributed by atoms with Gasteiger partial charge in [-0.05, 0) is 53.4 Å². The molecule has 0 bridgehead atoms. The number of carbonyl (C=O) groups is 1. The summed E-state index contributed by atoms with van der Waals surface area (Å²) in [7, 11) is 0. The smallest absolute Gasteiger partial charge is 0.287 e. The zero-order valence-corrected chi connectivity index (χ0v) is 15.7. The van der Waals surface area contributed by atoms with Gasteiger partial charge in [-0.3, -0.25) is 4.79 Å². The van der Waals surface area contributed by atoms with Crippen LogP contribution in [0.3, 0.4) is 0 Å². The van der Waals surface area contributed by atoms with Gasteiger partial charge in [-0.25, -0.2) is 0 Å². The maximum atomic E-state index is 12.3. The molecule has 0 aliphatic rings. The van der Waals surface area contributed by atoms with Crippen molar-refractivity contribution >= 4 is 28.0 Å². The Labute approximate surface area is 161 Å². The van der Waals surface area contributed by atoms with Crippen LogP contribution in [0.1, 0.15) is 34.2 Å². The number of hydrogen-bond acceptors (Lipinski definition) is 4. The summed E-state index contributed by atoms with van der Waals surface area (Å²) in [5.74, 6) is 1.43. The number of amides is 1. The molecule has 0 radical (unpaired) electrons. The summed E-state index contributed by atoms with van der Waals surface area (Å²) in [6.45, 7) is 2.22. The Morgan fingerprint density at radius 2 is 1.93 bits per heavy atom. The van der Waals surface area contributed by atoms with Crippen molar-refractivity contribution in [2.24, 2.45) is 0 Å². The highest BCUT2D eigenvalue weighted by Crippen LogP contribution is 2.22. The number of rotatable bonds is 6. The predicted octanol–water partition coefficient (Wildman–Crippen LogP) is 5.56. The predicted molar refractivity (Wildman–Crippen MR) is 107 cm³/mol. The largest absolute Gasteiger partial charge is 0.486 e. The molecule has 4 aromatic rings. The zero-order valence-electron chi connectivity index (χ0n) is 14.8. The van der Waals surface area contributed by atoms with E-state index in [9.17, 15) is 4.79 Å². The minimum absolute atomic E-state index is 0.0556. The van der Waals surface area contributed by atoms with Gasteiger partial charge < -0.3 is 14.5 Å². The summed E-state index contributed by atoms with van der Waals surface area (Å²) >= 11 is 1.61. The van der Waals surface area contributed by atoms with E-state index in [1.165, 1.54) is 5.39 Å². The third kappa shape index (κ3) is 4.04. The van der Waals surface area contributed by atoms with Gasteiger partial charge in [0.25, 0.3) is 5.91 Å². The van der Waals surface area contributed by atoms with Crippen molar-refractivity contribution in [3.05, 3.63) is 88.5 Å². The summed E-state index contributed by atoms with van der Waals surface area (Å²) in [5.41, 5.74) is 0. The van der Waals surface area contributed by atoms with Crippen molar-refractivity contribution in [3.63, 3.8) is 0 Å². The first-order valence-electron chi connectivity index (χ1n) is 8.73. The van der Waals surface area contributed by atoms with Gasteiger partial charge in [-0.1, -0.05) is 36.4 Å². The number of nitrogens with one attached hydrogen (secondary N) is 1. The average molecular weight is 377 g/mol. The Hall–Kier alpha value is -3.05. The molecule has 136 valence electrons. The van der Waals surface area contributed by atoms with Crippen molar-refractivity contribution < 1.29 is 13.9 Å². The minimum Gasteiger partial charge on any atom is -0.486 e. The van der Waals surface area contributed by atoms with Crippen LogP contribution in [0.5, 0.6) is 5.75 Å². The van der Waals surface area contributed by atoms with Gasteiger partial charge in [0.05, 0.1) is 6.04 Å². The van der Waals surface area contributed by atoms with Gasteiger partial charge in [-0.2, -0.15) is 0 Å². The lowest BCUT2D eigenvalue weighted by Gasteiger charge is -2.10. The number of benzene rings is 2. The number of thiophene rings is 1. The summed E-state index contributed by atoms with van der Waals surface area (Å²) in [6.07, 6.45) is 0. The third-order valence-corrected chi connectivity index (χ3v) is 5.36. The first-order chi connectivity index (χ1) is 13.2. The van der Waals surface area contributed by atoms with Gasteiger partial charge in [-0.15, -0.1) is 11.3 Å². The van der Waals surface area contributed by atoms with Crippen molar-refractivity contribution in [2.75, 3.05) is 0 Å². The maximum absolute atomic E-state index is 12.3. The Morgan fingerprint density at radius 1 is 1.07 bits per heavy atom. The molecule has 0 fully saturated rings. The Balaban J connectivity index is 1.37. The normalized spacial score (nSPS) is 12.0. The van der Waals surface area contributed by atoms with E-state index in [1.807, 2.05) is 60.8 Å². The lowest BCUT2D eigenvalue weighted by molar-refractivity contribution is 0.0908. The van der Waals surface area contributed by atoms with Crippen molar-refractivity contribution in [2.45, 2.75) is 19.6 Å². The molecule has 0 saturated carbocycles. The molecule has 0 spiro atoms. The number of furan rings is 1. The number of ether oxygens (including phenoxy) is 1. The van der Waals surface area contributed by atoms with E-state index in [2.05, 4.69) is 11.4 Å². The van der Waals surface area contributed by atoms with E-state index in [0.717, 1.165) is 16.0 Å². The van der Waals surface area contributed by atoms with Crippen LogP contribution in [0.15, 0.2) is 76.5 Å². The molecular formula is C22H19NO3S. The summed E-state index contributed by atoms with van der Waals surface area (Å²) < 4.78 is 11.4. The summed E-state index contributed by atoms with van der Waals surface area (Å²) in [6, 6.07) is 21.4. The number of carbonyl (C=O) groups excluding carboxylic acids is 1. The Bertz CT molecular complexity index is 1050. The van der Waals surface area contributed by atoms with Gasteiger partial charge in [0.1, 0.15) is 18.1 Å². The van der Waals surface area contributed by atoms with Gasteiger partial charge in [0, 0.05) is 4.88 Å². The quantitative estimate of drug-likeness (QED) is 0.478. The lowest BCUT2D eigenvalue weighted by Crippen LogP contribution is -2.25. The van der Waals surface area contributed by atoms with E-state index in [0.29, 0.717) is 5.76 Å². The molecule has 4 nitrogen and oxygen atoms in total. The summed E-state index contributed by atoms with van der Waals surface area (Å²) in [5, 5.41) is 7.23. The van der Waals surface area contributed by atoms with E-state index < -0.39 is 0 Å². The second kappa shape index (κ2) is 7.68. The maximum Gasteiger partial charge on any atom is 0.287 e. The first-order valence-corrected chi connectivity index (χ1v) is 9.61. The minimum atomic E-state index is -0.229. The molecule has 0 unspecified atom stereocenters. The summed E-state index contributed by atoms with van der Waals surface area (Å²) in [4.78, 5) is 13.4. The molecule has 1 N–H and O–H groups in total. The van der Waals surface area contributed by atoms with Crippen LogP contribution in [-0.4, -0.2) is 5.91 Å². The molecule has 0 saturated heterocycles. The second-order valence-electron chi connectivity index (χ2n) is 6.27. The zero-order chi connectivity index (χ0) is 18.6.